The summed E-state index contributed by atoms with van der Waals surface area (Å²) in [5.74, 6) is 1.34. The molecule has 0 bridgehead atoms. The van der Waals surface area contributed by atoms with Crippen molar-refractivity contribution >= 4 is 12.0 Å². The first-order chi connectivity index (χ1) is 9.81. The second kappa shape index (κ2) is 5.96. The van der Waals surface area contributed by atoms with Gasteiger partial charge in [-0.25, -0.2) is 0 Å². The highest BCUT2D eigenvalue weighted by Crippen LogP contribution is 2.32. The van der Waals surface area contributed by atoms with Gasteiger partial charge in [0.15, 0.2) is 11.5 Å². The van der Waals surface area contributed by atoms with Gasteiger partial charge in [0.25, 0.3) is 0 Å². The van der Waals surface area contributed by atoms with Crippen LogP contribution in [0.1, 0.15) is 18.4 Å². The van der Waals surface area contributed by atoms with Crippen LogP contribution in [0.25, 0.3) is 6.08 Å². The summed E-state index contributed by atoms with van der Waals surface area (Å²) in [6, 6.07) is 5.58. The zero-order chi connectivity index (χ0) is 13.8. The average molecular weight is 275 g/mol. The Labute approximate surface area is 117 Å². The molecule has 2 aliphatic heterocycles. The zero-order valence-corrected chi connectivity index (χ0v) is 11.1. The fourth-order valence-electron chi connectivity index (χ4n) is 2.27. The second-order valence-electron chi connectivity index (χ2n) is 4.83. The van der Waals surface area contributed by atoms with Crippen molar-refractivity contribution in [1.82, 2.24) is 5.32 Å². The minimum atomic E-state index is -0.113. The van der Waals surface area contributed by atoms with Crippen LogP contribution in [-0.2, 0) is 9.53 Å². The van der Waals surface area contributed by atoms with Gasteiger partial charge in [-0.1, -0.05) is 6.07 Å². The maximum atomic E-state index is 11.7. The van der Waals surface area contributed by atoms with Gasteiger partial charge in [0, 0.05) is 19.2 Å². The summed E-state index contributed by atoms with van der Waals surface area (Å²) < 4.78 is 16.0. The quantitative estimate of drug-likeness (QED) is 0.850. The van der Waals surface area contributed by atoms with E-state index in [0.29, 0.717) is 12.3 Å². The van der Waals surface area contributed by atoms with E-state index in [1.54, 1.807) is 6.08 Å². The predicted molar refractivity (Wildman–Crippen MR) is 73.6 cm³/mol. The molecule has 0 aromatic heterocycles. The van der Waals surface area contributed by atoms with E-state index < -0.39 is 0 Å². The Morgan fingerprint density at radius 3 is 3.10 bits per heavy atom. The van der Waals surface area contributed by atoms with E-state index in [4.69, 9.17) is 14.2 Å². The minimum Gasteiger partial charge on any atom is -0.454 e. The first-order valence-electron chi connectivity index (χ1n) is 6.78. The van der Waals surface area contributed by atoms with E-state index in [0.717, 1.165) is 30.8 Å². The van der Waals surface area contributed by atoms with Crippen LogP contribution in [-0.4, -0.2) is 32.0 Å². The van der Waals surface area contributed by atoms with Crippen molar-refractivity contribution in [2.24, 2.45) is 0 Å². The molecule has 1 amide bonds. The van der Waals surface area contributed by atoms with Gasteiger partial charge in [-0.05, 0) is 36.6 Å². The van der Waals surface area contributed by atoms with Gasteiger partial charge in [-0.3, -0.25) is 4.79 Å². The molecule has 2 heterocycles. The third kappa shape index (κ3) is 3.11. The monoisotopic (exact) mass is 275 g/mol. The number of carbonyl (C=O) groups is 1. The lowest BCUT2D eigenvalue weighted by Gasteiger charge is -2.08. The van der Waals surface area contributed by atoms with Crippen molar-refractivity contribution in [3.05, 3.63) is 29.8 Å². The highest BCUT2D eigenvalue weighted by Gasteiger charge is 2.15. The molecule has 1 aromatic rings. The third-order valence-electron chi connectivity index (χ3n) is 3.35. The Morgan fingerprint density at radius 2 is 2.25 bits per heavy atom. The lowest BCUT2D eigenvalue weighted by Crippen LogP contribution is -2.30. The van der Waals surface area contributed by atoms with Gasteiger partial charge in [0.2, 0.25) is 12.7 Å². The number of hydrogen-bond acceptors (Lipinski definition) is 4. The summed E-state index contributed by atoms with van der Waals surface area (Å²) in [5.41, 5.74) is 0.904. The second-order valence-corrected chi connectivity index (χ2v) is 4.83. The molecule has 0 unspecified atom stereocenters. The predicted octanol–water partition coefficient (Wildman–Crippen LogP) is 1.72. The van der Waals surface area contributed by atoms with Crippen molar-refractivity contribution in [1.29, 1.82) is 0 Å². The lowest BCUT2D eigenvalue weighted by molar-refractivity contribution is -0.116. The van der Waals surface area contributed by atoms with Crippen molar-refractivity contribution in [2.45, 2.75) is 18.9 Å². The molecule has 0 saturated carbocycles. The molecular weight excluding hydrogens is 258 g/mol. The SMILES string of the molecule is O=C(/C=C/c1ccc2c(c1)OCO2)NC[C@H]1CCCO1. The molecule has 5 heteroatoms. The molecular formula is C15H17NO4. The lowest BCUT2D eigenvalue weighted by atomic mass is 10.2. The molecule has 20 heavy (non-hydrogen) atoms. The maximum Gasteiger partial charge on any atom is 0.244 e. The summed E-state index contributed by atoms with van der Waals surface area (Å²) in [6.07, 6.45) is 5.54. The van der Waals surface area contributed by atoms with Crippen molar-refractivity contribution in [3.63, 3.8) is 0 Å². The largest absolute Gasteiger partial charge is 0.454 e. The number of rotatable bonds is 4. The third-order valence-corrected chi connectivity index (χ3v) is 3.35. The van der Waals surface area contributed by atoms with E-state index in [1.165, 1.54) is 6.08 Å². The highest BCUT2D eigenvalue weighted by molar-refractivity contribution is 5.91. The van der Waals surface area contributed by atoms with Crippen LogP contribution < -0.4 is 14.8 Å². The van der Waals surface area contributed by atoms with Crippen LogP contribution in [0, 0.1) is 0 Å². The number of benzene rings is 1. The Bertz CT molecular complexity index is 521. The van der Waals surface area contributed by atoms with Gasteiger partial charge in [0.1, 0.15) is 0 Å². The first-order valence-corrected chi connectivity index (χ1v) is 6.78. The molecule has 0 spiro atoms. The molecule has 1 aromatic carbocycles. The van der Waals surface area contributed by atoms with Crippen molar-refractivity contribution in [3.8, 4) is 11.5 Å². The zero-order valence-electron chi connectivity index (χ0n) is 11.1. The Kier molecular flexibility index (Phi) is 3.87. The normalized spacial score (nSPS) is 20.5. The van der Waals surface area contributed by atoms with Gasteiger partial charge in [-0.15, -0.1) is 0 Å². The Hall–Kier alpha value is -2.01. The van der Waals surface area contributed by atoms with Crippen molar-refractivity contribution < 1.29 is 19.0 Å². The van der Waals surface area contributed by atoms with E-state index in [9.17, 15) is 4.79 Å². The summed E-state index contributed by atoms with van der Waals surface area (Å²) >= 11 is 0. The number of fused-ring (bicyclic) bond motifs is 1. The summed E-state index contributed by atoms with van der Waals surface area (Å²) in [7, 11) is 0. The number of amides is 1. The molecule has 0 aliphatic carbocycles. The molecule has 2 aliphatic rings. The molecule has 1 fully saturated rings. The molecule has 1 N–H and O–H groups in total. The fraction of sp³-hybridized carbons (Fsp3) is 0.400. The number of ether oxygens (including phenoxy) is 3. The summed E-state index contributed by atoms with van der Waals surface area (Å²) in [4.78, 5) is 11.7. The van der Waals surface area contributed by atoms with Gasteiger partial charge in [-0.2, -0.15) is 0 Å². The van der Waals surface area contributed by atoms with Gasteiger partial charge >= 0.3 is 0 Å². The number of carbonyl (C=O) groups excluding carboxylic acids is 1. The van der Waals surface area contributed by atoms with Gasteiger partial charge in [0.05, 0.1) is 6.10 Å². The van der Waals surface area contributed by atoms with Crippen LogP contribution in [0.2, 0.25) is 0 Å². The van der Waals surface area contributed by atoms with E-state index in [-0.39, 0.29) is 18.8 Å². The molecule has 1 atom stereocenters. The average Bonchev–Trinajstić information content (AvgIpc) is 3.13. The van der Waals surface area contributed by atoms with E-state index in [1.807, 2.05) is 18.2 Å². The van der Waals surface area contributed by atoms with Crippen LogP contribution in [0.3, 0.4) is 0 Å². The number of nitrogens with one attached hydrogen (secondary N) is 1. The topological polar surface area (TPSA) is 56.8 Å². The van der Waals surface area contributed by atoms with Crippen molar-refractivity contribution in [2.75, 3.05) is 19.9 Å². The van der Waals surface area contributed by atoms with Crippen LogP contribution >= 0.6 is 0 Å². The van der Waals surface area contributed by atoms with Crippen LogP contribution in [0.5, 0.6) is 11.5 Å². The summed E-state index contributed by atoms with van der Waals surface area (Å²) in [5, 5.41) is 2.84. The Morgan fingerprint density at radius 1 is 1.35 bits per heavy atom. The first kappa shape index (κ1) is 13.0. The van der Waals surface area contributed by atoms with E-state index >= 15 is 0 Å². The van der Waals surface area contributed by atoms with Crippen LogP contribution in [0.15, 0.2) is 24.3 Å². The molecule has 0 radical (unpaired) electrons. The smallest absolute Gasteiger partial charge is 0.244 e. The minimum absolute atomic E-state index is 0.113. The maximum absolute atomic E-state index is 11.7. The van der Waals surface area contributed by atoms with E-state index in [2.05, 4.69) is 5.32 Å². The number of hydrogen-bond donors (Lipinski definition) is 1. The standard InChI is InChI=1S/C15H17NO4/c17-15(16-9-12-2-1-7-18-12)6-4-11-3-5-13-14(8-11)20-10-19-13/h3-6,8,12H,1-2,7,9-10H2,(H,16,17)/b6-4+/t12-/m1/s1. The van der Waals surface area contributed by atoms with Gasteiger partial charge < -0.3 is 19.5 Å². The molecule has 5 nitrogen and oxygen atoms in total. The summed E-state index contributed by atoms with van der Waals surface area (Å²) in [6.45, 7) is 1.63. The molecule has 1 saturated heterocycles. The van der Waals surface area contributed by atoms with Crippen LogP contribution in [0.4, 0.5) is 0 Å². The molecule has 106 valence electrons. The highest BCUT2D eigenvalue weighted by atomic mass is 16.7. The Balaban J connectivity index is 1.52. The molecule has 3 rings (SSSR count). The fourth-order valence-corrected chi connectivity index (χ4v) is 2.27.